The Hall–Kier alpha value is -2.72. The molecule has 2 aromatic carbocycles. The predicted octanol–water partition coefficient (Wildman–Crippen LogP) is 4.90. The Balaban J connectivity index is 1.56. The molecule has 0 amide bonds. The summed E-state index contributed by atoms with van der Waals surface area (Å²) in [7, 11) is 0. The second-order valence-corrected chi connectivity index (χ2v) is 6.69. The minimum absolute atomic E-state index is 0.419. The van der Waals surface area contributed by atoms with Crippen molar-refractivity contribution in [2.45, 2.75) is 13.3 Å². The fourth-order valence-electron chi connectivity index (χ4n) is 2.97. The first kappa shape index (κ1) is 14.8. The van der Waals surface area contributed by atoms with Crippen LogP contribution in [-0.2, 0) is 11.3 Å². The maximum atomic E-state index is 11.9. The quantitative estimate of drug-likeness (QED) is 0.304. The molecular formula is C20H15NO2S. The third-order valence-electron chi connectivity index (χ3n) is 4.20. The molecule has 0 saturated heterocycles. The number of rotatable bonds is 3. The minimum atomic E-state index is -0.419. The van der Waals surface area contributed by atoms with Gasteiger partial charge in [0.25, 0.3) is 0 Å². The summed E-state index contributed by atoms with van der Waals surface area (Å²) in [5.41, 5.74) is 6.88. The average molecular weight is 333 g/mol. The van der Waals surface area contributed by atoms with E-state index in [-0.39, 0.29) is 0 Å². The van der Waals surface area contributed by atoms with E-state index in [1.54, 1.807) is 6.07 Å². The van der Waals surface area contributed by atoms with E-state index in [1.165, 1.54) is 33.6 Å². The van der Waals surface area contributed by atoms with E-state index in [4.69, 9.17) is 4.84 Å². The van der Waals surface area contributed by atoms with Crippen LogP contribution in [0, 0.1) is 0 Å². The lowest BCUT2D eigenvalue weighted by molar-refractivity contribution is 0.0522. The molecule has 1 aliphatic rings. The summed E-state index contributed by atoms with van der Waals surface area (Å²) in [6.07, 6.45) is 0.932. The van der Waals surface area contributed by atoms with Gasteiger partial charge in [-0.15, -0.1) is 11.3 Å². The van der Waals surface area contributed by atoms with E-state index in [0.29, 0.717) is 10.6 Å². The van der Waals surface area contributed by atoms with Crippen LogP contribution < -0.4 is 0 Å². The van der Waals surface area contributed by atoms with Crippen molar-refractivity contribution in [3.8, 4) is 11.1 Å². The van der Waals surface area contributed by atoms with Gasteiger partial charge in [0.15, 0.2) is 0 Å². The van der Waals surface area contributed by atoms with Crippen LogP contribution in [0.4, 0.5) is 0 Å². The molecule has 1 heterocycles. The molecule has 4 rings (SSSR count). The molecule has 4 heteroatoms. The Kier molecular flexibility index (Phi) is 3.75. The number of carbonyl (C=O) groups excluding carboxylic acids is 1. The SMILES string of the molecule is C/C(=N/OC(=O)c1cccs1)c1ccc2c(c1)Cc1ccccc1-2. The van der Waals surface area contributed by atoms with Gasteiger partial charge >= 0.3 is 5.97 Å². The number of fused-ring (bicyclic) bond motifs is 3. The number of thiophene rings is 1. The zero-order valence-corrected chi connectivity index (χ0v) is 14.0. The van der Waals surface area contributed by atoms with E-state index in [1.807, 2.05) is 24.4 Å². The van der Waals surface area contributed by atoms with Crippen LogP contribution in [0.5, 0.6) is 0 Å². The smallest absolute Gasteiger partial charge is 0.312 e. The van der Waals surface area contributed by atoms with Gasteiger partial charge in [-0.2, -0.15) is 0 Å². The summed E-state index contributed by atoms with van der Waals surface area (Å²) in [5, 5.41) is 5.84. The molecule has 0 fully saturated rings. The highest BCUT2D eigenvalue weighted by atomic mass is 32.1. The highest BCUT2D eigenvalue weighted by Gasteiger charge is 2.18. The molecule has 0 radical (unpaired) electrons. The van der Waals surface area contributed by atoms with Crippen LogP contribution in [0.15, 0.2) is 65.1 Å². The largest absolute Gasteiger partial charge is 0.375 e. The van der Waals surface area contributed by atoms with Gasteiger partial charge in [-0.05, 0) is 58.7 Å². The molecule has 3 nitrogen and oxygen atoms in total. The van der Waals surface area contributed by atoms with Crippen LogP contribution in [0.25, 0.3) is 11.1 Å². The number of nitrogens with zero attached hydrogens (tertiary/aromatic N) is 1. The Morgan fingerprint density at radius 2 is 1.88 bits per heavy atom. The van der Waals surface area contributed by atoms with Gasteiger partial charge in [0.05, 0.1) is 5.71 Å². The first-order valence-electron chi connectivity index (χ1n) is 7.73. The highest BCUT2D eigenvalue weighted by molar-refractivity contribution is 7.11. The second-order valence-electron chi connectivity index (χ2n) is 5.74. The first-order chi connectivity index (χ1) is 11.7. The molecule has 0 bridgehead atoms. The molecule has 3 aromatic rings. The number of carbonyl (C=O) groups is 1. The van der Waals surface area contributed by atoms with Crippen molar-refractivity contribution in [2.24, 2.45) is 5.16 Å². The average Bonchev–Trinajstić information content (AvgIpc) is 3.26. The second kappa shape index (κ2) is 6.06. The zero-order valence-electron chi connectivity index (χ0n) is 13.2. The molecule has 0 N–H and O–H groups in total. The van der Waals surface area contributed by atoms with E-state index >= 15 is 0 Å². The topological polar surface area (TPSA) is 38.7 Å². The van der Waals surface area contributed by atoms with Gasteiger partial charge in [0, 0.05) is 0 Å². The lowest BCUT2D eigenvalue weighted by Gasteiger charge is -2.05. The van der Waals surface area contributed by atoms with Gasteiger partial charge in [0.1, 0.15) is 4.88 Å². The summed E-state index contributed by atoms with van der Waals surface area (Å²) < 4.78 is 0. The van der Waals surface area contributed by atoms with E-state index in [2.05, 4.69) is 41.6 Å². The maximum absolute atomic E-state index is 11.9. The van der Waals surface area contributed by atoms with Crippen LogP contribution >= 0.6 is 11.3 Å². The van der Waals surface area contributed by atoms with Crippen molar-refractivity contribution in [3.63, 3.8) is 0 Å². The highest BCUT2D eigenvalue weighted by Crippen LogP contribution is 2.36. The molecule has 0 saturated carbocycles. The Labute approximate surface area is 144 Å². The van der Waals surface area contributed by atoms with Crippen molar-refractivity contribution in [3.05, 3.63) is 81.5 Å². The van der Waals surface area contributed by atoms with Crippen molar-refractivity contribution < 1.29 is 9.63 Å². The lowest BCUT2D eigenvalue weighted by atomic mass is 10.0. The maximum Gasteiger partial charge on any atom is 0.375 e. The van der Waals surface area contributed by atoms with Crippen LogP contribution in [0.1, 0.15) is 33.3 Å². The fourth-order valence-corrected chi connectivity index (χ4v) is 3.57. The van der Waals surface area contributed by atoms with Crippen molar-refractivity contribution in [1.29, 1.82) is 0 Å². The van der Waals surface area contributed by atoms with Gasteiger partial charge in [-0.1, -0.05) is 47.6 Å². The molecule has 0 aliphatic heterocycles. The first-order valence-corrected chi connectivity index (χ1v) is 8.61. The summed E-state index contributed by atoms with van der Waals surface area (Å²) in [4.78, 5) is 17.5. The minimum Gasteiger partial charge on any atom is -0.312 e. The third kappa shape index (κ3) is 2.65. The Bertz CT molecular complexity index is 942. The zero-order chi connectivity index (χ0) is 16.5. The third-order valence-corrected chi connectivity index (χ3v) is 5.05. The summed E-state index contributed by atoms with van der Waals surface area (Å²) >= 11 is 1.34. The lowest BCUT2D eigenvalue weighted by Crippen LogP contribution is -2.02. The van der Waals surface area contributed by atoms with Crippen molar-refractivity contribution in [2.75, 3.05) is 0 Å². The van der Waals surface area contributed by atoms with E-state index in [0.717, 1.165) is 12.0 Å². The van der Waals surface area contributed by atoms with E-state index < -0.39 is 5.97 Å². The summed E-state index contributed by atoms with van der Waals surface area (Å²) in [6.45, 7) is 1.85. The van der Waals surface area contributed by atoms with Gasteiger partial charge in [0.2, 0.25) is 0 Å². The number of benzene rings is 2. The van der Waals surface area contributed by atoms with E-state index in [9.17, 15) is 4.79 Å². The standard InChI is InChI=1S/C20H15NO2S/c1-13(21-23-20(22)19-7-4-10-24-19)14-8-9-18-16(11-14)12-15-5-2-3-6-17(15)18/h2-11H,12H2,1H3/b21-13-. The predicted molar refractivity (Wildman–Crippen MR) is 96.6 cm³/mol. The molecular weight excluding hydrogens is 318 g/mol. The molecule has 0 spiro atoms. The molecule has 24 heavy (non-hydrogen) atoms. The van der Waals surface area contributed by atoms with Crippen LogP contribution in [-0.4, -0.2) is 11.7 Å². The number of hydrogen-bond acceptors (Lipinski definition) is 4. The monoisotopic (exact) mass is 333 g/mol. The number of oxime groups is 1. The Morgan fingerprint density at radius 3 is 2.71 bits per heavy atom. The molecule has 1 aliphatic carbocycles. The molecule has 1 aromatic heterocycles. The molecule has 118 valence electrons. The van der Waals surface area contributed by atoms with Gasteiger partial charge < -0.3 is 4.84 Å². The normalized spacial score (nSPS) is 12.6. The van der Waals surface area contributed by atoms with Gasteiger partial charge in [-0.3, -0.25) is 0 Å². The molecule has 0 unspecified atom stereocenters. The molecule has 0 atom stereocenters. The fraction of sp³-hybridized carbons (Fsp3) is 0.100. The van der Waals surface area contributed by atoms with Crippen molar-refractivity contribution in [1.82, 2.24) is 0 Å². The summed E-state index contributed by atoms with van der Waals surface area (Å²) in [6, 6.07) is 18.3. The van der Waals surface area contributed by atoms with Crippen molar-refractivity contribution >= 4 is 23.0 Å². The number of hydrogen-bond donors (Lipinski definition) is 0. The van der Waals surface area contributed by atoms with Gasteiger partial charge in [-0.25, -0.2) is 4.79 Å². The Morgan fingerprint density at radius 1 is 1.04 bits per heavy atom. The summed E-state index contributed by atoms with van der Waals surface area (Å²) in [5.74, 6) is -0.419. The van der Waals surface area contributed by atoms with Crippen LogP contribution in [0.3, 0.4) is 0 Å². The van der Waals surface area contributed by atoms with Crippen LogP contribution in [0.2, 0.25) is 0 Å².